The van der Waals surface area contributed by atoms with Gasteiger partial charge >= 0.3 is 5.97 Å². The van der Waals surface area contributed by atoms with E-state index in [2.05, 4.69) is 13.8 Å². The summed E-state index contributed by atoms with van der Waals surface area (Å²) < 4.78 is 10.4. The number of ether oxygens (including phenoxy) is 2. The third-order valence-corrected chi connectivity index (χ3v) is 2.71. The topological polar surface area (TPSA) is 61.5 Å². The zero-order valence-electron chi connectivity index (χ0n) is 11.4. The largest absolute Gasteiger partial charge is 0.496 e. The van der Waals surface area contributed by atoms with Gasteiger partial charge in [0.1, 0.15) is 18.4 Å². The van der Waals surface area contributed by atoms with Crippen molar-refractivity contribution in [1.29, 1.82) is 0 Å². The van der Waals surface area contributed by atoms with Crippen molar-refractivity contribution >= 4 is 5.97 Å². The number of esters is 1. The highest BCUT2D eigenvalue weighted by Crippen LogP contribution is 2.24. The molecule has 1 unspecified atom stereocenters. The lowest BCUT2D eigenvalue weighted by Gasteiger charge is -2.13. The monoisotopic (exact) mass is 251 g/mol. The predicted octanol–water partition coefficient (Wildman–Crippen LogP) is 2.21. The first-order valence-corrected chi connectivity index (χ1v) is 6.04. The van der Waals surface area contributed by atoms with Crippen LogP contribution in [0.5, 0.6) is 5.75 Å². The van der Waals surface area contributed by atoms with Crippen molar-refractivity contribution in [3.8, 4) is 5.75 Å². The molecule has 1 aromatic carbocycles. The highest BCUT2D eigenvalue weighted by molar-refractivity contribution is 5.74. The Labute approximate surface area is 108 Å². The van der Waals surface area contributed by atoms with Crippen LogP contribution in [0.4, 0.5) is 0 Å². The van der Waals surface area contributed by atoms with Gasteiger partial charge in [-0.15, -0.1) is 0 Å². The van der Waals surface area contributed by atoms with Gasteiger partial charge in [-0.1, -0.05) is 19.9 Å². The Morgan fingerprint density at radius 3 is 2.50 bits per heavy atom. The number of nitrogens with two attached hydrogens (primary N) is 1. The van der Waals surface area contributed by atoms with Gasteiger partial charge in [0.15, 0.2) is 0 Å². The number of hydrogen-bond donors (Lipinski definition) is 1. The lowest BCUT2D eigenvalue weighted by molar-refractivity contribution is -0.146. The van der Waals surface area contributed by atoms with E-state index in [-0.39, 0.29) is 6.61 Å². The molecule has 1 rings (SSSR count). The third kappa shape index (κ3) is 3.74. The Kier molecular flexibility index (Phi) is 5.16. The van der Waals surface area contributed by atoms with Crippen LogP contribution < -0.4 is 10.5 Å². The zero-order chi connectivity index (χ0) is 13.7. The van der Waals surface area contributed by atoms with Crippen LogP contribution in [0.1, 0.15) is 37.8 Å². The van der Waals surface area contributed by atoms with Crippen molar-refractivity contribution in [2.75, 3.05) is 7.11 Å². The van der Waals surface area contributed by atoms with Gasteiger partial charge in [-0.3, -0.25) is 4.79 Å². The van der Waals surface area contributed by atoms with Crippen molar-refractivity contribution in [2.24, 2.45) is 5.73 Å². The van der Waals surface area contributed by atoms with E-state index >= 15 is 0 Å². The maximum Gasteiger partial charge on any atom is 0.322 e. The summed E-state index contributed by atoms with van der Waals surface area (Å²) in [5.74, 6) is 0.725. The van der Waals surface area contributed by atoms with Crippen LogP contribution in [0, 0.1) is 0 Å². The number of rotatable bonds is 5. The minimum absolute atomic E-state index is 0.185. The number of hydrogen-bond acceptors (Lipinski definition) is 4. The highest BCUT2D eigenvalue weighted by atomic mass is 16.5. The summed E-state index contributed by atoms with van der Waals surface area (Å²) in [5, 5.41) is 0. The molecule has 0 aliphatic carbocycles. The Morgan fingerprint density at radius 2 is 2.00 bits per heavy atom. The van der Waals surface area contributed by atoms with Gasteiger partial charge in [-0.05, 0) is 30.5 Å². The van der Waals surface area contributed by atoms with Crippen LogP contribution in [-0.4, -0.2) is 19.1 Å². The summed E-state index contributed by atoms with van der Waals surface area (Å²) in [6, 6.07) is 5.30. The molecule has 0 saturated carbocycles. The van der Waals surface area contributed by atoms with E-state index in [1.165, 1.54) is 5.56 Å². The fourth-order valence-corrected chi connectivity index (χ4v) is 1.55. The molecule has 0 saturated heterocycles. The SMILES string of the molecule is COc1ccc(C(C)C)cc1COC(=O)C(C)N. The maximum atomic E-state index is 11.3. The fourth-order valence-electron chi connectivity index (χ4n) is 1.55. The molecule has 0 aromatic heterocycles. The Bertz CT molecular complexity index is 414. The van der Waals surface area contributed by atoms with E-state index in [0.717, 1.165) is 11.3 Å². The Balaban J connectivity index is 2.85. The molecule has 0 aliphatic rings. The van der Waals surface area contributed by atoms with Crippen LogP contribution in [0.3, 0.4) is 0 Å². The molecule has 1 aromatic rings. The second kappa shape index (κ2) is 6.40. The van der Waals surface area contributed by atoms with E-state index in [0.29, 0.717) is 5.92 Å². The Morgan fingerprint density at radius 1 is 1.33 bits per heavy atom. The number of benzene rings is 1. The summed E-state index contributed by atoms with van der Waals surface area (Å²) in [6.45, 7) is 6.01. The van der Waals surface area contributed by atoms with Crippen LogP contribution in [-0.2, 0) is 16.1 Å². The molecule has 1 atom stereocenters. The molecule has 0 aliphatic heterocycles. The summed E-state index contributed by atoms with van der Waals surface area (Å²) >= 11 is 0. The number of carbonyl (C=O) groups excluding carboxylic acids is 1. The summed E-state index contributed by atoms with van der Waals surface area (Å²) in [4.78, 5) is 11.3. The number of methoxy groups -OCH3 is 1. The molecule has 0 radical (unpaired) electrons. The van der Waals surface area contributed by atoms with Crippen molar-refractivity contribution < 1.29 is 14.3 Å². The van der Waals surface area contributed by atoms with Gasteiger partial charge in [-0.25, -0.2) is 0 Å². The average Bonchev–Trinajstić information content (AvgIpc) is 2.35. The van der Waals surface area contributed by atoms with Gasteiger partial charge < -0.3 is 15.2 Å². The summed E-state index contributed by atoms with van der Waals surface area (Å²) in [7, 11) is 1.60. The van der Waals surface area contributed by atoms with Crippen molar-refractivity contribution in [3.63, 3.8) is 0 Å². The van der Waals surface area contributed by atoms with E-state index in [4.69, 9.17) is 15.2 Å². The first-order chi connectivity index (χ1) is 8.45. The molecule has 4 nitrogen and oxygen atoms in total. The molecule has 2 N–H and O–H groups in total. The van der Waals surface area contributed by atoms with E-state index in [1.54, 1.807) is 14.0 Å². The van der Waals surface area contributed by atoms with E-state index in [9.17, 15) is 4.79 Å². The smallest absolute Gasteiger partial charge is 0.322 e. The summed E-state index contributed by atoms with van der Waals surface area (Å²) in [5.41, 5.74) is 7.48. The molecule has 0 fully saturated rings. The predicted molar refractivity (Wildman–Crippen MR) is 70.5 cm³/mol. The lowest BCUT2D eigenvalue weighted by atomic mass is 10.0. The first kappa shape index (κ1) is 14.5. The van der Waals surface area contributed by atoms with Gasteiger partial charge in [0.25, 0.3) is 0 Å². The molecular formula is C14H21NO3. The molecule has 0 spiro atoms. The van der Waals surface area contributed by atoms with Gasteiger partial charge in [0.2, 0.25) is 0 Å². The molecule has 18 heavy (non-hydrogen) atoms. The molecule has 4 heteroatoms. The second-order valence-electron chi connectivity index (χ2n) is 4.62. The molecule has 100 valence electrons. The van der Waals surface area contributed by atoms with E-state index in [1.807, 2.05) is 18.2 Å². The minimum atomic E-state index is -0.607. The quantitative estimate of drug-likeness (QED) is 0.815. The third-order valence-electron chi connectivity index (χ3n) is 2.71. The molecule has 0 bridgehead atoms. The van der Waals surface area contributed by atoms with Crippen molar-refractivity contribution in [3.05, 3.63) is 29.3 Å². The highest BCUT2D eigenvalue weighted by Gasteiger charge is 2.12. The van der Waals surface area contributed by atoms with Crippen molar-refractivity contribution in [1.82, 2.24) is 0 Å². The van der Waals surface area contributed by atoms with Gasteiger partial charge in [0, 0.05) is 5.56 Å². The molecule has 0 heterocycles. The molecule has 0 amide bonds. The maximum absolute atomic E-state index is 11.3. The van der Waals surface area contributed by atoms with Crippen molar-refractivity contribution in [2.45, 2.75) is 39.3 Å². The summed E-state index contributed by atoms with van der Waals surface area (Å²) in [6.07, 6.45) is 0. The lowest BCUT2D eigenvalue weighted by Crippen LogP contribution is -2.28. The first-order valence-electron chi connectivity index (χ1n) is 6.04. The minimum Gasteiger partial charge on any atom is -0.496 e. The van der Waals surface area contributed by atoms with Crippen LogP contribution in [0.2, 0.25) is 0 Å². The van der Waals surface area contributed by atoms with Gasteiger partial charge in [-0.2, -0.15) is 0 Å². The average molecular weight is 251 g/mol. The standard InChI is InChI=1S/C14H21NO3/c1-9(2)11-5-6-13(17-4)12(7-11)8-18-14(16)10(3)15/h5-7,9-10H,8,15H2,1-4H3. The number of carbonyl (C=O) groups is 1. The van der Waals surface area contributed by atoms with Gasteiger partial charge in [0.05, 0.1) is 7.11 Å². The van der Waals surface area contributed by atoms with Crippen LogP contribution >= 0.6 is 0 Å². The second-order valence-corrected chi connectivity index (χ2v) is 4.62. The molecular weight excluding hydrogens is 230 g/mol. The zero-order valence-corrected chi connectivity index (χ0v) is 11.4. The normalized spacial score (nSPS) is 12.3. The Hall–Kier alpha value is -1.55. The fraction of sp³-hybridized carbons (Fsp3) is 0.500. The van der Waals surface area contributed by atoms with E-state index < -0.39 is 12.0 Å². The van der Waals surface area contributed by atoms with Crippen LogP contribution in [0.15, 0.2) is 18.2 Å². The van der Waals surface area contributed by atoms with Crippen LogP contribution in [0.25, 0.3) is 0 Å².